The van der Waals surface area contributed by atoms with E-state index in [1.807, 2.05) is 4.57 Å². The van der Waals surface area contributed by atoms with Gasteiger partial charge in [0, 0.05) is 6.92 Å². The van der Waals surface area contributed by atoms with Gasteiger partial charge in [0.1, 0.15) is 12.2 Å². The minimum absolute atomic E-state index is 0.232. The molecule has 0 atom stereocenters. The first kappa shape index (κ1) is 12.8. The third-order valence-corrected chi connectivity index (χ3v) is 3.00. The summed E-state index contributed by atoms with van der Waals surface area (Å²) in [5, 5.41) is 3.86. The first-order valence-corrected chi connectivity index (χ1v) is 6.35. The van der Waals surface area contributed by atoms with Crippen LogP contribution in [0, 0.1) is 6.92 Å². The quantitative estimate of drug-likeness (QED) is 0.670. The number of nitrogens with zero attached hydrogens (tertiary/aromatic N) is 6. The molecule has 0 fully saturated rings. The van der Waals surface area contributed by atoms with Gasteiger partial charge < -0.3 is 13.8 Å². The number of halogens is 1. The van der Waals surface area contributed by atoms with E-state index in [-0.39, 0.29) is 5.88 Å². The van der Waals surface area contributed by atoms with Crippen molar-refractivity contribution in [1.82, 2.24) is 29.7 Å². The van der Waals surface area contributed by atoms with Gasteiger partial charge in [0.05, 0.1) is 19.5 Å². The maximum absolute atomic E-state index is 5.93. The van der Waals surface area contributed by atoms with Crippen molar-refractivity contribution in [3.63, 3.8) is 0 Å². The lowest BCUT2D eigenvalue weighted by atomic mass is 10.5. The van der Waals surface area contributed by atoms with Gasteiger partial charge in [-0.15, -0.1) is 11.6 Å². The van der Waals surface area contributed by atoms with Gasteiger partial charge in [0.25, 0.3) is 0 Å². The minimum atomic E-state index is 0.232. The number of ether oxygens (including phenoxy) is 1. The molecule has 3 aromatic rings. The van der Waals surface area contributed by atoms with Crippen molar-refractivity contribution in [2.24, 2.45) is 0 Å². The summed E-state index contributed by atoms with van der Waals surface area (Å²) in [5.41, 5.74) is 1.18. The number of aromatic nitrogens is 6. The maximum Gasteiger partial charge on any atom is 0.245 e. The predicted molar refractivity (Wildman–Crippen MR) is 69.6 cm³/mol. The Morgan fingerprint density at radius 2 is 2.20 bits per heavy atom. The molecule has 0 saturated carbocycles. The zero-order valence-electron chi connectivity index (χ0n) is 10.9. The summed E-state index contributed by atoms with van der Waals surface area (Å²) in [7, 11) is 1.53. The lowest BCUT2D eigenvalue weighted by Gasteiger charge is -2.03. The fourth-order valence-corrected chi connectivity index (χ4v) is 2.13. The average molecular weight is 295 g/mol. The number of imidazole rings is 1. The molecule has 0 spiro atoms. The number of alkyl halides is 1. The largest absolute Gasteiger partial charge is 0.479 e. The maximum atomic E-state index is 5.93. The van der Waals surface area contributed by atoms with Crippen LogP contribution in [0.2, 0.25) is 0 Å². The van der Waals surface area contributed by atoms with E-state index >= 15 is 0 Å². The van der Waals surface area contributed by atoms with Crippen molar-refractivity contribution in [3.8, 4) is 5.88 Å². The van der Waals surface area contributed by atoms with Crippen LogP contribution in [-0.2, 0) is 12.4 Å². The molecular formula is C11H11ClN6O2. The minimum Gasteiger partial charge on any atom is -0.479 e. The van der Waals surface area contributed by atoms with Crippen LogP contribution in [-0.4, -0.2) is 36.8 Å². The Labute approximate surface area is 118 Å². The van der Waals surface area contributed by atoms with E-state index in [0.717, 1.165) is 0 Å². The molecule has 0 N–H and O–H groups in total. The third-order valence-electron chi connectivity index (χ3n) is 2.76. The number of methoxy groups -OCH3 is 1. The normalized spacial score (nSPS) is 11.2. The molecule has 0 bridgehead atoms. The van der Waals surface area contributed by atoms with Crippen molar-refractivity contribution in [3.05, 3.63) is 23.9 Å². The van der Waals surface area contributed by atoms with Gasteiger partial charge in [-0.05, 0) is 0 Å². The first-order valence-electron chi connectivity index (χ1n) is 5.82. The average Bonchev–Trinajstić information content (AvgIpc) is 3.03. The number of aryl methyl sites for hydroxylation is 1. The smallest absolute Gasteiger partial charge is 0.245 e. The van der Waals surface area contributed by atoms with Crippen LogP contribution in [0.25, 0.3) is 11.2 Å². The topological polar surface area (TPSA) is 91.8 Å². The van der Waals surface area contributed by atoms with Gasteiger partial charge in [-0.3, -0.25) is 0 Å². The second-order valence-electron chi connectivity index (χ2n) is 4.03. The van der Waals surface area contributed by atoms with Gasteiger partial charge in [-0.25, -0.2) is 9.97 Å². The van der Waals surface area contributed by atoms with E-state index in [0.29, 0.717) is 41.1 Å². The van der Waals surface area contributed by atoms with E-state index in [4.69, 9.17) is 20.9 Å². The fraction of sp³-hybridized carbons (Fsp3) is 0.364. The fourth-order valence-electron chi connectivity index (χ4n) is 1.93. The Hall–Kier alpha value is -2.22. The van der Waals surface area contributed by atoms with Gasteiger partial charge in [0.15, 0.2) is 17.0 Å². The van der Waals surface area contributed by atoms with E-state index in [2.05, 4.69) is 25.1 Å². The molecule has 0 aliphatic heterocycles. The summed E-state index contributed by atoms with van der Waals surface area (Å²) in [5.74, 6) is 2.32. The highest BCUT2D eigenvalue weighted by Gasteiger charge is 2.17. The predicted octanol–water partition coefficient (Wildman–Crippen LogP) is 1.31. The summed E-state index contributed by atoms with van der Waals surface area (Å²) in [6.07, 6.45) is 1.42. The van der Waals surface area contributed by atoms with Crippen LogP contribution in [0.4, 0.5) is 0 Å². The molecule has 0 unspecified atom stereocenters. The van der Waals surface area contributed by atoms with Crippen molar-refractivity contribution in [1.29, 1.82) is 0 Å². The van der Waals surface area contributed by atoms with Gasteiger partial charge in [-0.1, -0.05) is 5.16 Å². The summed E-state index contributed by atoms with van der Waals surface area (Å²) < 4.78 is 11.9. The zero-order valence-corrected chi connectivity index (χ0v) is 11.6. The molecular weight excluding hydrogens is 284 g/mol. The molecule has 3 heterocycles. The van der Waals surface area contributed by atoms with Gasteiger partial charge in [-0.2, -0.15) is 9.97 Å². The molecule has 0 radical (unpaired) electrons. The van der Waals surface area contributed by atoms with Crippen molar-refractivity contribution < 1.29 is 9.26 Å². The highest BCUT2D eigenvalue weighted by Crippen LogP contribution is 2.23. The van der Waals surface area contributed by atoms with Crippen LogP contribution in [0.15, 0.2) is 10.9 Å². The highest BCUT2D eigenvalue weighted by atomic mass is 35.5. The standard InChI is InChI=1S/C11H11ClN6O2/c1-6-15-7(17-20-6)4-18-8(3-12)16-9-10(18)13-5-14-11(9)19-2/h5H,3-4H2,1-2H3. The van der Waals surface area contributed by atoms with Gasteiger partial charge in [0.2, 0.25) is 11.8 Å². The molecule has 104 valence electrons. The second-order valence-corrected chi connectivity index (χ2v) is 4.30. The van der Waals surface area contributed by atoms with Crippen molar-refractivity contribution >= 4 is 22.8 Å². The molecule has 0 aromatic carbocycles. The molecule has 0 aliphatic carbocycles. The van der Waals surface area contributed by atoms with Crippen molar-refractivity contribution in [2.45, 2.75) is 19.3 Å². The van der Waals surface area contributed by atoms with Crippen LogP contribution < -0.4 is 4.74 Å². The number of hydrogen-bond acceptors (Lipinski definition) is 7. The molecule has 3 aromatic heterocycles. The van der Waals surface area contributed by atoms with E-state index in [1.165, 1.54) is 13.4 Å². The monoisotopic (exact) mass is 294 g/mol. The Bertz CT molecular complexity index is 753. The van der Waals surface area contributed by atoms with Gasteiger partial charge >= 0.3 is 0 Å². The zero-order chi connectivity index (χ0) is 14.1. The molecule has 20 heavy (non-hydrogen) atoms. The van der Waals surface area contributed by atoms with E-state index < -0.39 is 0 Å². The number of fused-ring (bicyclic) bond motifs is 1. The summed E-state index contributed by atoms with van der Waals surface area (Å²) in [4.78, 5) is 16.8. The highest BCUT2D eigenvalue weighted by molar-refractivity contribution is 6.16. The van der Waals surface area contributed by atoms with Crippen LogP contribution in [0.1, 0.15) is 17.5 Å². The van der Waals surface area contributed by atoms with E-state index in [1.54, 1.807) is 6.92 Å². The molecule has 3 rings (SSSR count). The molecule has 9 heteroatoms. The molecule has 0 amide bonds. The Morgan fingerprint density at radius 3 is 2.85 bits per heavy atom. The Balaban J connectivity index is 2.13. The second kappa shape index (κ2) is 5.04. The summed E-state index contributed by atoms with van der Waals surface area (Å²) in [6.45, 7) is 2.10. The lowest BCUT2D eigenvalue weighted by Crippen LogP contribution is -2.06. The number of rotatable bonds is 4. The van der Waals surface area contributed by atoms with Crippen LogP contribution in [0.5, 0.6) is 5.88 Å². The third kappa shape index (κ3) is 2.07. The molecule has 8 nitrogen and oxygen atoms in total. The Morgan fingerprint density at radius 1 is 1.35 bits per heavy atom. The Kier molecular flexibility index (Phi) is 3.23. The lowest BCUT2D eigenvalue weighted by molar-refractivity contribution is 0.386. The number of hydrogen-bond donors (Lipinski definition) is 0. The van der Waals surface area contributed by atoms with Crippen LogP contribution in [0.3, 0.4) is 0 Å². The van der Waals surface area contributed by atoms with Crippen molar-refractivity contribution in [2.75, 3.05) is 7.11 Å². The summed E-state index contributed by atoms with van der Waals surface area (Å²) in [6, 6.07) is 0. The SMILES string of the molecule is COc1ncnc2c1nc(CCl)n2Cc1noc(C)n1. The molecule has 0 aliphatic rings. The van der Waals surface area contributed by atoms with E-state index in [9.17, 15) is 0 Å². The molecule has 0 saturated heterocycles. The van der Waals surface area contributed by atoms with Crippen LogP contribution >= 0.6 is 11.6 Å². The summed E-state index contributed by atoms with van der Waals surface area (Å²) >= 11 is 5.93. The first-order chi connectivity index (χ1) is 9.72.